The lowest BCUT2D eigenvalue weighted by Gasteiger charge is -2.32. The van der Waals surface area contributed by atoms with Crippen molar-refractivity contribution < 1.29 is 23.4 Å². The highest BCUT2D eigenvalue weighted by molar-refractivity contribution is 5.19. The van der Waals surface area contributed by atoms with Crippen LogP contribution in [0.1, 0.15) is 322 Å². The highest BCUT2D eigenvalue weighted by Crippen LogP contribution is 2.35. The average molecular weight is 1030 g/mol. The molecular formula is C67H138F2O3. The summed E-state index contributed by atoms with van der Waals surface area (Å²) in [6.45, 7) is 86.1. The van der Waals surface area contributed by atoms with E-state index in [0.29, 0.717) is 39.1 Å². The first-order valence-corrected chi connectivity index (χ1v) is 27.7. The zero-order valence-corrected chi connectivity index (χ0v) is 57.5. The van der Waals surface area contributed by atoms with Gasteiger partial charge in [-0.1, -0.05) is 196 Å². The second-order valence-electron chi connectivity index (χ2n) is 35.1. The van der Waals surface area contributed by atoms with Crippen LogP contribution in [0, 0.1) is 77.8 Å². The minimum atomic E-state index is -2.56. The molecule has 0 aromatic heterocycles. The Labute approximate surface area is 456 Å². The van der Waals surface area contributed by atoms with Gasteiger partial charge >= 0.3 is 0 Å². The first kappa shape index (κ1) is 84.8. The van der Waals surface area contributed by atoms with Crippen molar-refractivity contribution in [3.8, 4) is 23.7 Å². The number of halogens is 2. The van der Waals surface area contributed by atoms with E-state index in [1.165, 1.54) is 59.3 Å². The number of alkyl halides is 2. The summed E-state index contributed by atoms with van der Waals surface area (Å²) in [6, 6.07) is 0. The molecule has 0 amide bonds. The molecule has 0 bridgehead atoms. The monoisotopic (exact) mass is 1030 g/mol. The smallest absolute Gasteiger partial charge is 0.250 e. The zero-order valence-electron chi connectivity index (χ0n) is 57.5. The van der Waals surface area contributed by atoms with E-state index in [1.54, 1.807) is 6.92 Å². The van der Waals surface area contributed by atoms with Gasteiger partial charge in [-0.15, -0.1) is 0 Å². The zero-order chi connectivity index (χ0) is 60.7. The molecule has 1 unspecified atom stereocenters. The summed E-state index contributed by atoms with van der Waals surface area (Å²) in [6.07, 6.45) is 8.02. The lowest BCUT2D eigenvalue weighted by atomic mass is 9.77. The van der Waals surface area contributed by atoms with Crippen LogP contribution in [0.2, 0.25) is 0 Å². The topological polar surface area (TPSA) is 38.7 Å². The van der Waals surface area contributed by atoms with E-state index in [2.05, 4.69) is 211 Å². The van der Waals surface area contributed by atoms with Crippen LogP contribution in [0.4, 0.5) is 8.78 Å². The third kappa shape index (κ3) is 88.5. The van der Waals surface area contributed by atoms with Crippen molar-refractivity contribution in [3.05, 3.63) is 0 Å². The van der Waals surface area contributed by atoms with E-state index in [1.807, 2.05) is 62.3 Å². The molecular weight excluding hydrogens is 891 g/mol. The molecule has 0 saturated carbocycles. The van der Waals surface area contributed by atoms with E-state index < -0.39 is 16.9 Å². The molecule has 0 aromatic rings. The van der Waals surface area contributed by atoms with Crippen LogP contribution in [-0.4, -0.2) is 40.0 Å². The molecule has 0 radical (unpaired) electrons. The van der Waals surface area contributed by atoms with Gasteiger partial charge in [0.05, 0.1) is 16.8 Å². The summed E-state index contributed by atoms with van der Waals surface area (Å²) in [7, 11) is 0. The van der Waals surface area contributed by atoms with Crippen molar-refractivity contribution in [1.29, 1.82) is 0 Å². The molecule has 0 rings (SSSR count). The van der Waals surface area contributed by atoms with E-state index in [4.69, 9.17) is 9.47 Å². The minimum absolute atomic E-state index is 0.0156. The van der Waals surface area contributed by atoms with Gasteiger partial charge in [-0.3, -0.25) is 0 Å². The largest absolute Gasteiger partial charge is 0.377 e. The maximum Gasteiger partial charge on any atom is 0.250 e. The lowest BCUT2D eigenvalue weighted by molar-refractivity contribution is -0.102. The van der Waals surface area contributed by atoms with Gasteiger partial charge in [0.1, 0.15) is 12.2 Å². The molecule has 0 spiro atoms. The molecule has 0 aliphatic carbocycles. The van der Waals surface area contributed by atoms with Crippen molar-refractivity contribution in [2.45, 2.75) is 351 Å². The average Bonchev–Trinajstić information content (AvgIpc) is 2.95. The van der Waals surface area contributed by atoms with Crippen molar-refractivity contribution in [2.24, 2.45) is 54.1 Å². The van der Waals surface area contributed by atoms with Crippen LogP contribution in [0.3, 0.4) is 0 Å². The maximum absolute atomic E-state index is 12.2. The van der Waals surface area contributed by atoms with E-state index in [9.17, 15) is 13.9 Å². The molecule has 0 aliphatic rings. The van der Waals surface area contributed by atoms with Gasteiger partial charge in [-0.2, -0.15) is 0 Å². The van der Waals surface area contributed by atoms with E-state index >= 15 is 0 Å². The van der Waals surface area contributed by atoms with Gasteiger partial charge in [0, 0.05) is 21.7 Å². The summed E-state index contributed by atoms with van der Waals surface area (Å²) in [4.78, 5) is 0. The molecule has 3 nitrogen and oxygen atoms in total. The molecule has 1 atom stereocenters. The normalized spacial score (nSPS) is 14.2. The number of hydrogen-bond donors (Lipinski definition) is 1. The SMILES string of the molecule is CC(C)(C)C#CC(C)(O)C(C)(C)C.CC(C)(C)C#CCOC(C)(C)C.CC(C)(C)C(C)(F)F.CC(C)(C)CC(C)(C)C.CC(C)(C)CCC(C)(C)C.CC(C)(C)CCCC(C)(C)C.CC(C)(C)OC(C)(C)C. The van der Waals surface area contributed by atoms with Crippen molar-refractivity contribution in [1.82, 2.24) is 0 Å². The minimum Gasteiger partial charge on any atom is -0.377 e. The Balaban J connectivity index is -0.000000138. The van der Waals surface area contributed by atoms with Crippen LogP contribution < -0.4 is 0 Å². The van der Waals surface area contributed by atoms with Crippen molar-refractivity contribution >= 4 is 0 Å². The Hall–Kier alpha value is -1.14. The summed E-state index contributed by atoms with van der Waals surface area (Å²) in [5, 5.41) is 10.0. The van der Waals surface area contributed by atoms with Crippen molar-refractivity contribution in [2.75, 3.05) is 6.61 Å². The fraction of sp³-hybridized carbons (Fsp3) is 0.940. The summed E-state index contributed by atoms with van der Waals surface area (Å²) >= 11 is 0. The highest BCUT2D eigenvalue weighted by Gasteiger charge is 2.37. The highest BCUT2D eigenvalue weighted by atomic mass is 19.3. The van der Waals surface area contributed by atoms with Gasteiger partial charge in [0.15, 0.2) is 0 Å². The van der Waals surface area contributed by atoms with Crippen LogP contribution in [0.25, 0.3) is 0 Å². The van der Waals surface area contributed by atoms with Crippen LogP contribution >= 0.6 is 0 Å². The number of hydrogen-bond acceptors (Lipinski definition) is 3. The predicted octanol–water partition coefficient (Wildman–Crippen LogP) is 22.5. The Morgan fingerprint density at radius 3 is 0.736 bits per heavy atom. The fourth-order valence-corrected chi connectivity index (χ4v) is 5.46. The molecule has 0 aromatic carbocycles. The molecule has 0 saturated heterocycles. The standard InChI is InChI=1S/C12H22O.C11H20O.C11H24.C10H22.C9H20.C8H18O.C6H12F2/c1-10(2,3)8-9-12(7,13)11(4,5)6;1-10(2,3)8-7-9-12-11(4,5)6;1-10(2,3)8-7-9-11(4,5)6;1-9(2,3)7-8-10(4,5)6;1-8(2,3)7-9(4,5)6;1-7(2,3)9-8(4,5)6;1-5(2,3)6(4,7)8/h13H,1-7H3;9H2,1-6H3;7-9H2,1-6H3;7-8H2,1-6H3;7H2,1-6H3;1-6H3;1-4H3. The molecule has 0 aliphatic heterocycles. The van der Waals surface area contributed by atoms with Gasteiger partial charge in [-0.05, 0) is 182 Å². The maximum atomic E-state index is 12.2. The lowest BCUT2D eigenvalue weighted by Crippen LogP contribution is -2.38. The Bertz CT molecular complexity index is 1380. The van der Waals surface area contributed by atoms with Crippen LogP contribution in [-0.2, 0) is 9.47 Å². The molecule has 1 N–H and O–H groups in total. The third-order valence-electron chi connectivity index (χ3n) is 9.65. The predicted molar refractivity (Wildman–Crippen MR) is 325 cm³/mol. The molecule has 5 heteroatoms. The second kappa shape index (κ2) is 31.9. The molecule has 0 heterocycles. The first-order valence-electron chi connectivity index (χ1n) is 27.7. The quantitative estimate of drug-likeness (QED) is 0.285. The number of rotatable bonds is 4. The van der Waals surface area contributed by atoms with Gasteiger partial charge < -0.3 is 14.6 Å². The Morgan fingerprint density at radius 1 is 0.333 bits per heavy atom. The summed E-state index contributed by atoms with van der Waals surface area (Å²) in [5.41, 5.74) is 0.936. The van der Waals surface area contributed by atoms with Gasteiger partial charge in [0.25, 0.3) is 0 Å². The Morgan fingerprint density at radius 2 is 0.597 bits per heavy atom. The Kier molecular flexibility index (Phi) is 37.6. The molecule has 72 heavy (non-hydrogen) atoms. The number of aliphatic hydroxyl groups is 1. The van der Waals surface area contributed by atoms with Crippen molar-refractivity contribution in [3.63, 3.8) is 0 Å². The van der Waals surface area contributed by atoms with Crippen LogP contribution in [0.5, 0.6) is 0 Å². The van der Waals surface area contributed by atoms with E-state index in [-0.39, 0.29) is 33.0 Å². The molecule has 0 fully saturated rings. The number of ether oxygens (including phenoxy) is 2. The second-order valence-corrected chi connectivity index (χ2v) is 35.1. The van der Waals surface area contributed by atoms with Gasteiger partial charge in [-0.25, -0.2) is 8.78 Å². The van der Waals surface area contributed by atoms with Crippen LogP contribution in [0.15, 0.2) is 0 Å². The first-order chi connectivity index (χ1) is 30.2. The third-order valence-corrected chi connectivity index (χ3v) is 9.65. The van der Waals surface area contributed by atoms with Gasteiger partial charge in [0.2, 0.25) is 5.92 Å². The summed E-state index contributed by atoms with van der Waals surface area (Å²) in [5.74, 6) is 9.58. The van der Waals surface area contributed by atoms with E-state index in [0.717, 1.165) is 6.92 Å². The summed E-state index contributed by atoms with van der Waals surface area (Å²) < 4.78 is 35.5. The molecule has 438 valence electrons. The fourth-order valence-electron chi connectivity index (χ4n) is 5.46.